The third-order valence-electron chi connectivity index (χ3n) is 1.44. The highest BCUT2D eigenvalue weighted by atomic mass is 19.4. The summed E-state index contributed by atoms with van der Waals surface area (Å²) in [6.45, 7) is 0. The standard InChI is InChI=1S/C10H7F3O2/c11-10(12,13)9(14)6-2-1-4-8-5-3-7-15-8/h1-7H/b4-1+,6-2+. The molecular formula is C10H7F3O2. The minimum Gasteiger partial charge on any atom is -0.465 e. The Bertz CT molecular complexity index is 372. The predicted octanol–water partition coefficient (Wildman–Crippen LogP) is 2.98. The van der Waals surface area contributed by atoms with E-state index >= 15 is 0 Å². The van der Waals surface area contributed by atoms with Crippen molar-refractivity contribution in [2.75, 3.05) is 0 Å². The van der Waals surface area contributed by atoms with Crippen LogP contribution in [0.3, 0.4) is 0 Å². The molecule has 5 heteroatoms. The number of carbonyl (C=O) groups excluding carboxylic acids is 1. The highest BCUT2D eigenvalue weighted by molar-refractivity contribution is 5.94. The van der Waals surface area contributed by atoms with Crippen LogP contribution in [0.2, 0.25) is 0 Å². The maximum atomic E-state index is 11.7. The molecule has 0 bridgehead atoms. The van der Waals surface area contributed by atoms with E-state index in [2.05, 4.69) is 0 Å². The fourth-order valence-electron chi connectivity index (χ4n) is 0.774. The monoisotopic (exact) mass is 216 g/mol. The van der Waals surface area contributed by atoms with Gasteiger partial charge in [-0.3, -0.25) is 4.79 Å². The number of ketones is 1. The van der Waals surface area contributed by atoms with Crippen molar-refractivity contribution >= 4 is 11.9 Å². The molecule has 0 atom stereocenters. The normalized spacial score (nSPS) is 12.7. The first kappa shape index (κ1) is 11.3. The maximum absolute atomic E-state index is 11.7. The summed E-state index contributed by atoms with van der Waals surface area (Å²) in [7, 11) is 0. The van der Waals surface area contributed by atoms with Crippen LogP contribution in [0.15, 0.2) is 41.0 Å². The molecule has 2 nitrogen and oxygen atoms in total. The quantitative estimate of drug-likeness (QED) is 0.574. The lowest BCUT2D eigenvalue weighted by molar-refractivity contribution is -0.165. The second kappa shape index (κ2) is 4.63. The van der Waals surface area contributed by atoms with E-state index in [1.165, 1.54) is 18.4 Å². The van der Waals surface area contributed by atoms with Crippen molar-refractivity contribution in [1.82, 2.24) is 0 Å². The number of allylic oxidation sites excluding steroid dienone is 3. The van der Waals surface area contributed by atoms with Crippen LogP contribution >= 0.6 is 0 Å². The van der Waals surface area contributed by atoms with Gasteiger partial charge in [-0.2, -0.15) is 13.2 Å². The van der Waals surface area contributed by atoms with Gasteiger partial charge in [0.05, 0.1) is 6.26 Å². The summed E-state index contributed by atoms with van der Waals surface area (Å²) in [6, 6.07) is 3.28. The van der Waals surface area contributed by atoms with Crippen molar-refractivity contribution in [2.24, 2.45) is 0 Å². The first-order valence-electron chi connectivity index (χ1n) is 3.99. The summed E-state index contributed by atoms with van der Waals surface area (Å²) in [4.78, 5) is 10.4. The third-order valence-corrected chi connectivity index (χ3v) is 1.44. The lowest BCUT2D eigenvalue weighted by atomic mass is 10.3. The topological polar surface area (TPSA) is 30.2 Å². The van der Waals surface area contributed by atoms with Gasteiger partial charge in [-0.25, -0.2) is 0 Å². The average molecular weight is 216 g/mol. The molecule has 0 aliphatic carbocycles. The molecule has 0 aliphatic heterocycles. The average Bonchev–Trinajstić information content (AvgIpc) is 2.63. The Morgan fingerprint density at radius 3 is 2.60 bits per heavy atom. The van der Waals surface area contributed by atoms with E-state index in [4.69, 9.17) is 4.42 Å². The highest BCUT2D eigenvalue weighted by Crippen LogP contribution is 2.16. The van der Waals surface area contributed by atoms with Crippen molar-refractivity contribution in [1.29, 1.82) is 0 Å². The summed E-state index contributed by atoms with van der Waals surface area (Å²) in [5.41, 5.74) is 0. The van der Waals surface area contributed by atoms with Gasteiger partial charge in [0, 0.05) is 0 Å². The van der Waals surface area contributed by atoms with E-state index in [0.29, 0.717) is 11.8 Å². The summed E-state index contributed by atoms with van der Waals surface area (Å²) in [5.74, 6) is -1.38. The minimum absolute atomic E-state index is 0.458. The molecule has 0 aliphatic rings. The molecule has 0 fully saturated rings. The molecule has 0 amide bonds. The van der Waals surface area contributed by atoms with E-state index in [-0.39, 0.29) is 0 Å². The zero-order valence-corrected chi connectivity index (χ0v) is 7.49. The molecule has 80 valence electrons. The minimum atomic E-state index is -4.81. The fourth-order valence-corrected chi connectivity index (χ4v) is 0.774. The number of carbonyl (C=O) groups is 1. The SMILES string of the molecule is O=C(/C=C/C=C/c1ccco1)C(F)(F)F. The molecule has 0 spiro atoms. The van der Waals surface area contributed by atoms with Gasteiger partial charge in [0.15, 0.2) is 0 Å². The van der Waals surface area contributed by atoms with Crippen molar-refractivity contribution in [3.63, 3.8) is 0 Å². The number of halogens is 3. The van der Waals surface area contributed by atoms with Gasteiger partial charge >= 0.3 is 6.18 Å². The number of hydrogen-bond acceptors (Lipinski definition) is 2. The molecule has 0 aromatic carbocycles. The molecule has 15 heavy (non-hydrogen) atoms. The Morgan fingerprint density at radius 2 is 2.07 bits per heavy atom. The van der Waals surface area contributed by atoms with Gasteiger partial charge in [-0.1, -0.05) is 12.2 Å². The second-order valence-corrected chi connectivity index (χ2v) is 2.60. The Balaban J connectivity index is 2.50. The lowest BCUT2D eigenvalue weighted by Crippen LogP contribution is -2.19. The number of alkyl halides is 3. The maximum Gasteiger partial charge on any atom is 0.454 e. The van der Waals surface area contributed by atoms with Crippen LogP contribution in [0, 0.1) is 0 Å². The number of hydrogen-bond donors (Lipinski definition) is 0. The molecular weight excluding hydrogens is 209 g/mol. The first-order chi connectivity index (χ1) is 7.00. The molecule has 0 saturated carbocycles. The van der Waals surface area contributed by atoms with Gasteiger partial charge in [-0.15, -0.1) is 0 Å². The Kier molecular flexibility index (Phi) is 3.49. The summed E-state index contributed by atoms with van der Waals surface area (Å²) < 4.78 is 40.0. The summed E-state index contributed by atoms with van der Waals surface area (Å²) in [5, 5.41) is 0. The Morgan fingerprint density at radius 1 is 1.33 bits per heavy atom. The molecule has 0 N–H and O–H groups in total. The summed E-state index contributed by atoms with van der Waals surface area (Å²) in [6.07, 6.45) is 0.833. The molecule has 1 aromatic rings. The molecule has 1 rings (SSSR count). The van der Waals surface area contributed by atoms with Crippen molar-refractivity contribution < 1.29 is 22.4 Å². The van der Waals surface area contributed by atoms with Crippen LogP contribution in [-0.2, 0) is 4.79 Å². The molecule has 0 radical (unpaired) electrons. The van der Waals surface area contributed by atoms with Gasteiger partial charge in [0.25, 0.3) is 5.78 Å². The van der Waals surface area contributed by atoms with Crippen molar-refractivity contribution in [3.8, 4) is 0 Å². The predicted molar refractivity (Wildman–Crippen MR) is 47.9 cm³/mol. The third kappa shape index (κ3) is 3.84. The van der Waals surface area contributed by atoms with Gasteiger partial charge in [-0.05, 0) is 24.3 Å². The smallest absolute Gasteiger partial charge is 0.454 e. The largest absolute Gasteiger partial charge is 0.465 e. The van der Waals surface area contributed by atoms with Gasteiger partial charge in [0.1, 0.15) is 5.76 Å². The molecule has 1 heterocycles. The van der Waals surface area contributed by atoms with Crippen molar-refractivity contribution in [2.45, 2.75) is 6.18 Å². The van der Waals surface area contributed by atoms with Crippen molar-refractivity contribution in [3.05, 3.63) is 42.4 Å². The second-order valence-electron chi connectivity index (χ2n) is 2.60. The first-order valence-corrected chi connectivity index (χ1v) is 3.99. The van der Waals surface area contributed by atoms with E-state index < -0.39 is 12.0 Å². The van der Waals surface area contributed by atoms with Crippen LogP contribution in [0.1, 0.15) is 5.76 Å². The highest BCUT2D eigenvalue weighted by Gasteiger charge is 2.35. The zero-order valence-electron chi connectivity index (χ0n) is 7.49. The van der Waals surface area contributed by atoms with Crippen LogP contribution in [0.25, 0.3) is 6.08 Å². The molecule has 0 saturated heterocycles. The number of rotatable bonds is 3. The van der Waals surface area contributed by atoms with Crippen LogP contribution in [0.4, 0.5) is 13.2 Å². The van der Waals surface area contributed by atoms with Crippen LogP contribution in [0.5, 0.6) is 0 Å². The zero-order chi connectivity index (χ0) is 11.3. The Hall–Kier alpha value is -1.78. The van der Waals surface area contributed by atoms with E-state index in [0.717, 1.165) is 6.08 Å². The number of furan rings is 1. The van der Waals surface area contributed by atoms with E-state index in [1.807, 2.05) is 0 Å². The molecule has 0 unspecified atom stereocenters. The van der Waals surface area contributed by atoms with Crippen LogP contribution in [-0.4, -0.2) is 12.0 Å². The Labute approximate surface area is 83.7 Å². The molecule has 1 aromatic heterocycles. The van der Waals surface area contributed by atoms with Gasteiger partial charge < -0.3 is 4.42 Å². The van der Waals surface area contributed by atoms with Gasteiger partial charge in [0.2, 0.25) is 0 Å². The van der Waals surface area contributed by atoms with Crippen LogP contribution < -0.4 is 0 Å². The fraction of sp³-hybridized carbons (Fsp3) is 0.100. The van der Waals surface area contributed by atoms with E-state index in [1.54, 1.807) is 12.1 Å². The van der Waals surface area contributed by atoms with E-state index in [9.17, 15) is 18.0 Å². The lowest BCUT2D eigenvalue weighted by Gasteiger charge is -1.97. The summed E-state index contributed by atoms with van der Waals surface area (Å²) >= 11 is 0.